The number of Topliss-reactive ketones (excluding diaryl/α,β-unsaturated/α-hetero) is 1. The lowest BCUT2D eigenvalue weighted by Gasteiger charge is -2.18. The van der Waals surface area contributed by atoms with Gasteiger partial charge in [0, 0.05) is 29.5 Å². The normalized spacial score (nSPS) is 12.1. The van der Waals surface area contributed by atoms with Gasteiger partial charge in [0.05, 0.1) is 10.6 Å². The average molecular weight is 529 g/mol. The number of ketones is 1. The lowest BCUT2D eigenvalue weighted by Crippen LogP contribution is -2.34. The zero-order chi connectivity index (χ0) is 27.0. The van der Waals surface area contributed by atoms with E-state index in [4.69, 9.17) is 16.0 Å². The van der Waals surface area contributed by atoms with E-state index in [2.05, 4.69) is 10.3 Å². The number of hydrogen-bond acceptors (Lipinski definition) is 4. The van der Waals surface area contributed by atoms with Crippen molar-refractivity contribution in [2.24, 2.45) is 5.41 Å². The molecule has 0 radical (unpaired) electrons. The molecule has 0 saturated heterocycles. The zero-order valence-corrected chi connectivity index (χ0v) is 21.1. The predicted molar refractivity (Wildman–Crippen MR) is 135 cm³/mol. The van der Waals surface area contributed by atoms with Crippen LogP contribution in [0.15, 0.2) is 65.1 Å². The van der Waals surface area contributed by atoms with Gasteiger partial charge in [0.25, 0.3) is 0 Å². The van der Waals surface area contributed by atoms with Gasteiger partial charge in [0.2, 0.25) is 11.8 Å². The number of nitrogens with zero attached hydrogens (tertiary/aromatic N) is 1. The fourth-order valence-corrected chi connectivity index (χ4v) is 3.85. The number of alkyl halides is 3. The Hall–Kier alpha value is -3.65. The van der Waals surface area contributed by atoms with Gasteiger partial charge in [-0.25, -0.2) is 4.98 Å². The maximum absolute atomic E-state index is 13.1. The molecule has 37 heavy (non-hydrogen) atoms. The van der Waals surface area contributed by atoms with E-state index in [9.17, 15) is 22.8 Å². The molecule has 0 unspecified atom stereocenters. The highest BCUT2D eigenvalue weighted by atomic mass is 35.5. The van der Waals surface area contributed by atoms with Crippen molar-refractivity contribution in [2.75, 3.05) is 0 Å². The number of aromatic nitrogens is 1. The van der Waals surface area contributed by atoms with E-state index < -0.39 is 17.2 Å². The summed E-state index contributed by atoms with van der Waals surface area (Å²) in [6, 6.07) is 14.7. The van der Waals surface area contributed by atoms with Crippen molar-refractivity contribution in [3.63, 3.8) is 0 Å². The molecule has 4 aromatic rings. The Morgan fingerprint density at radius 3 is 2.27 bits per heavy atom. The van der Waals surface area contributed by atoms with Crippen molar-refractivity contribution < 1.29 is 27.2 Å². The summed E-state index contributed by atoms with van der Waals surface area (Å²) in [4.78, 5) is 29.5. The zero-order valence-electron chi connectivity index (χ0n) is 20.4. The van der Waals surface area contributed by atoms with Crippen molar-refractivity contribution in [1.29, 1.82) is 0 Å². The van der Waals surface area contributed by atoms with Gasteiger partial charge in [-0.15, -0.1) is 0 Å². The van der Waals surface area contributed by atoms with E-state index >= 15 is 0 Å². The lowest BCUT2D eigenvalue weighted by atomic mass is 9.95. The molecule has 3 aromatic carbocycles. The Morgan fingerprint density at radius 2 is 1.62 bits per heavy atom. The van der Waals surface area contributed by atoms with E-state index in [1.165, 1.54) is 12.1 Å². The highest BCUT2D eigenvalue weighted by molar-refractivity contribution is 6.34. The number of carbonyl (C=O) groups excluding carboxylic acids is 2. The van der Waals surface area contributed by atoms with Gasteiger partial charge < -0.3 is 9.73 Å². The van der Waals surface area contributed by atoms with Gasteiger partial charge in [-0.1, -0.05) is 44.5 Å². The van der Waals surface area contributed by atoms with Gasteiger partial charge in [0.15, 0.2) is 11.4 Å². The van der Waals surface area contributed by atoms with Crippen molar-refractivity contribution in [3.8, 4) is 11.5 Å². The first kappa shape index (κ1) is 26.4. The van der Waals surface area contributed by atoms with Crippen molar-refractivity contribution in [1.82, 2.24) is 10.3 Å². The summed E-state index contributed by atoms with van der Waals surface area (Å²) in [6.07, 6.45) is -4.38. The third-order valence-corrected chi connectivity index (χ3v) is 6.07. The largest absolute Gasteiger partial charge is 0.436 e. The molecule has 1 N–H and O–H groups in total. The van der Waals surface area contributed by atoms with Gasteiger partial charge in [-0.05, 0) is 59.7 Å². The number of carbonyl (C=O) groups is 2. The number of rotatable bonds is 6. The maximum atomic E-state index is 13.1. The Bertz CT molecular complexity index is 1470. The second-order valence-electron chi connectivity index (χ2n) is 9.74. The van der Waals surface area contributed by atoms with Crippen LogP contribution in [0.1, 0.15) is 47.8 Å². The molecule has 0 saturated carbocycles. The van der Waals surface area contributed by atoms with Crippen molar-refractivity contribution >= 4 is 34.4 Å². The fourth-order valence-electron chi connectivity index (χ4n) is 3.63. The Kier molecular flexibility index (Phi) is 7.15. The van der Waals surface area contributed by atoms with E-state index in [0.29, 0.717) is 32.8 Å². The van der Waals surface area contributed by atoms with Crippen LogP contribution < -0.4 is 5.32 Å². The van der Waals surface area contributed by atoms with Crippen LogP contribution in [0.3, 0.4) is 0 Å². The summed E-state index contributed by atoms with van der Waals surface area (Å²) in [5.74, 6) is -0.137. The van der Waals surface area contributed by atoms with Gasteiger partial charge in [0.1, 0.15) is 5.52 Å². The minimum atomic E-state index is -4.43. The minimum absolute atomic E-state index is 0.0454. The van der Waals surface area contributed by atoms with E-state index in [1.54, 1.807) is 36.4 Å². The first-order chi connectivity index (χ1) is 17.3. The predicted octanol–water partition coefficient (Wildman–Crippen LogP) is 7.25. The van der Waals surface area contributed by atoms with E-state index in [-0.39, 0.29) is 30.5 Å². The summed E-state index contributed by atoms with van der Waals surface area (Å²) in [6.45, 7) is 5.72. The highest BCUT2D eigenvalue weighted by Crippen LogP contribution is 2.32. The SMILES string of the molecule is CC(C)(C)C(=O)NCc1ccc(Cl)c(C(=O)Cc2ccc3nc(-c4ccc(C(F)(F)F)cc4)oc3c2)c1. The second-order valence-corrected chi connectivity index (χ2v) is 10.2. The smallest absolute Gasteiger partial charge is 0.416 e. The van der Waals surface area contributed by atoms with Crippen LogP contribution in [0.25, 0.3) is 22.6 Å². The number of fused-ring (bicyclic) bond motifs is 1. The van der Waals surface area contributed by atoms with Crippen LogP contribution in [0.2, 0.25) is 5.02 Å². The first-order valence-corrected chi connectivity index (χ1v) is 11.9. The third-order valence-electron chi connectivity index (χ3n) is 5.74. The number of halogens is 4. The average Bonchev–Trinajstić information content (AvgIpc) is 3.25. The molecule has 0 aliphatic rings. The molecule has 5 nitrogen and oxygen atoms in total. The molecular weight excluding hydrogens is 505 g/mol. The van der Waals surface area contributed by atoms with Crippen LogP contribution in [-0.4, -0.2) is 16.7 Å². The summed E-state index contributed by atoms with van der Waals surface area (Å²) < 4.78 is 44.3. The number of hydrogen-bond donors (Lipinski definition) is 1. The first-order valence-electron chi connectivity index (χ1n) is 11.5. The molecule has 0 atom stereocenters. The number of benzene rings is 3. The third kappa shape index (κ3) is 6.20. The van der Waals surface area contributed by atoms with E-state index in [0.717, 1.165) is 17.7 Å². The Morgan fingerprint density at radius 1 is 0.946 bits per heavy atom. The molecule has 0 fully saturated rings. The molecule has 0 aliphatic heterocycles. The Labute approximate surface area is 216 Å². The number of nitrogens with one attached hydrogen (secondary N) is 1. The van der Waals surface area contributed by atoms with Crippen molar-refractivity contribution in [3.05, 3.63) is 87.9 Å². The molecule has 9 heteroatoms. The summed E-state index contributed by atoms with van der Waals surface area (Å²) in [5, 5.41) is 3.16. The molecule has 1 aromatic heterocycles. The van der Waals surface area contributed by atoms with E-state index in [1.807, 2.05) is 20.8 Å². The van der Waals surface area contributed by atoms with Crippen molar-refractivity contribution in [2.45, 2.75) is 39.9 Å². The second kappa shape index (κ2) is 10.0. The Balaban J connectivity index is 1.50. The van der Waals surface area contributed by atoms with Gasteiger partial charge >= 0.3 is 6.18 Å². The molecule has 192 valence electrons. The van der Waals surface area contributed by atoms with Crippen LogP contribution >= 0.6 is 11.6 Å². The monoisotopic (exact) mass is 528 g/mol. The molecule has 1 amide bonds. The highest BCUT2D eigenvalue weighted by Gasteiger charge is 2.30. The molecule has 0 aliphatic carbocycles. The lowest BCUT2D eigenvalue weighted by molar-refractivity contribution is -0.137. The molecule has 4 rings (SSSR count). The van der Waals surface area contributed by atoms with Gasteiger partial charge in [-0.2, -0.15) is 13.2 Å². The standard InChI is InChI=1S/C28H24ClF3N2O3/c1-27(2,3)26(36)33-15-17-4-10-21(29)20(12-17)23(35)13-16-5-11-22-24(14-16)37-25(34-22)18-6-8-19(9-7-18)28(30,31)32/h4-12,14H,13,15H2,1-3H3,(H,33,36). The summed E-state index contributed by atoms with van der Waals surface area (Å²) in [7, 11) is 0. The fraction of sp³-hybridized carbons (Fsp3) is 0.250. The molecule has 0 spiro atoms. The van der Waals surface area contributed by atoms with Crippen LogP contribution in [-0.2, 0) is 23.9 Å². The van der Waals surface area contributed by atoms with Crippen LogP contribution in [0.4, 0.5) is 13.2 Å². The van der Waals surface area contributed by atoms with Crippen LogP contribution in [0, 0.1) is 5.41 Å². The number of amides is 1. The maximum Gasteiger partial charge on any atom is 0.416 e. The summed E-state index contributed by atoms with van der Waals surface area (Å²) >= 11 is 6.29. The van der Waals surface area contributed by atoms with Crippen LogP contribution in [0.5, 0.6) is 0 Å². The topological polar surface area (TPSA) is 72.2 Å². The molecular formula is C28H24ClF3N2O3. The summed E-state index contributed by atoms with van der Waals surface area (Å²) in [5.41, 5.74) is 1.79. The minimum Gasteiger partial charge on any atom is -0.436 e. The number of oxazole rings is 1. The molecule has 1 heterocycles. The quantitative estimate of drug-likeness (QED) is 0.267. The van der Waals surface area contributed by atoms with Gasteiger partial charge in [-0.3, -0.25) is 9.59 Å². The molecule has 0 bridgehead atoms.